The van der Waals surface area contributed by atoms with E-state index in [0.29, 0.717) is 58.9 Å². The second kappa shape index (κ2) is 21.8. The summed E-state index contributed by atoms with van der Waals surface area (Å²) in [5.74, 6) is -0.450. The Bertz CT molecular complexity index is 3110. The molecule has 352 valence electrons. The van der Waals surface area contributed by atoms with Crippen LogP contribution < -0.4 is 20.6 Å². The van der Waals surface area contributed by atoms with Crippen molar-refractivity contribution in [2.45, 2.75) is 39.9 Å². The minimum Gasteiger partial charge on any atom is -0.507 e. The van der Waals surface area contributed by atoms with Gasteiger partial charge < -0.3 is 58.2 Å². The van der Waals surface area contributed by atoms with Gasteiger partial charge in [-0.05, 0) is 73.5 Å². The topological polar surface area (TPSA) is 261 Å². The number of aromatic nitrogens is 6. The number of benzene rings is 4. The summed E-state index contributed by atoms with van der Waals surface area (Å²) in [6.07, 6.45) is 0.622. The molecule has 4 heterocycles. The molecule has 0 saturated carbocycles. The van der Waals surface area contributed by atoms with Gasteiger partial charge in [-0.2, -0.15) is 0 Å². The molecule has 0 aliphatic carbocycles. The van der Waals surface area contributed by atoms with Gasteiger partial charge in [-0.25, -0.2) is 0 Å². The Morgan fingerprint density at radius 1 is 0.529 bits per heavy atom. The SMILES string of the molecule is CCOCc1[nH]c(=O)c(-c2nnc(Cc3ccc(Cl)cc3)o2)c(O)c1-c1c(O)cccc1O.CCOCc1[nH]c(=O)c(-c2nnc(Cc3ccc(Cl)cc3)o2)c(O)c1-c1c(OC)cccc1OC. The number of hydrogen-bond acceptors (Lipinski definition) is 16. The molecular formula is C48H44Cl2N6O12. The van der Waals surface area contributed by atoms with Crippen molar-refractivity contribution in [2.24, 2.45) is 0 Å². The number of phenolic OH excluding ortho intramolecular Hbond substituents is 2. The molecule has 8 rings (SSSR count). The highest BCUT2D eigenvalue weighted by atomic mass is 35.5. The first-order valence-electron chi connectivity index (χ1n) is 20.8. The van der Waals surface area contributed by atoms with E-state index in [1.165, 1.54) is 32.4 Å². The monoisotopic (exact) mass is 966 g/mol. The van der Waals surface area contributed by atoms with Gasteiger partial charge in [-0.15, -0.1) is 20.4 Å². The summed E-state index contributed by atoms with van der Waals surface area (Å²) >= 11 is 11.8. The third kappa shape index (κ3) is 10.6. The van der Waals surface area contributed by atoms with Gasteiger partial charge in [0.25, 0.3) is 22.9 Å². The van der Waals surface area contributed by atoms with Crippen molar-refractivity contribution in [2.75, 3.05) is 27.4 Å². The molecule has 8 aromatic rings. The van der Waals surface area contributed by atoms with Crippen molar-refractivity contribution >= 4 is 23.2 Å². The lowest BCUT2D eigenvalue weighted by Crippen LogP contribution is -2.15. The molecule has 0 spiro atoms. The molecule has 0 bridgehead atoms. The summed E-state index contributed by atoms with van der Waals surface area (Å²) in [5.41, 5.74) is 1.18. The lowest BCUT2D eigenvalue weighted by molar-refractivity contribution is 0.131. The summed E-state index contributed by atoms with van der Waals surface area (Å²) in [5, 5.41) is 60.4. The lowest BCUT2D eigenvalue weighted by atomic mass is 9.98. The molecule has 0 amide bonds. The van der Waals surface area contributed by atoms with Crippen LogP contribution in [0.4, 0.5) is 0 Å². The van der Waals surface area contributed by atoms with Crippen LogP contribution in [0.5, 0.6) is 34.5 Å². The molecule has 0 saturated heterocycles. The molecule has 4 aromatic heterocycles. The second-order valence-corrected chi connectivity index (χ2v) is 15.5. The smallest absolute Gasteiger partial charge is 0.264 e. The molecule has 0 fully saturated rings. The first-order chi connectivity index (χ1) is 32.8. The minimum absolute atomic E-state index is 0.00824. The molecule has 0 radical (unpaired) electrons. The summed E-state index contributed by atoms with van der Waals surface area (Å²) < 4.78 is 33.4. The predicted molar refractivity (Wildman–Crippen MR) is 251 cm³/mol. The van der Waals surface area contributed by atoms with E-state index in [9.17, 15) is 30.0 Å². The lowest BCUT2D eigenvalue weighted by Gasteiger charge is -2.18. The maximum atomic E-state index is 13.0. The van der Waals surface area contributed by atoms with E-state index < -0.39 is 16.9 Å². The summed E-state index contributed by atoms with van der Waals surface area (Å²) in [7, 11) is 3.01. The van der Waals surface area contributed by atoms with Crippen molar-refractivity contribution in [1.82, 2.24) is 30.4 Å². The molecule has 68 heavy (non-hydrogen) atoms. The van der Waals surface area contributed by atoms with Crippen molar-refractivity contribution in [3.8, 4) is 79.7 Å². The van der Waals surface area contributed by atoms with Gasteiger partial charge in [0.2, 0.25) is 11.8 Å². The highest BCUT2D eigenvalue weighted by molar-refractivity contribution is 6.30. The quantitative estimate of drug-likeness (QED) is 0.0529. The number of pyridine rings is 2. The third-order valence-corrected chi connectivity index (χ3v) is 10.8. The standard InChI is InChI=1S/C25H24ClN3O6.C23H20ClN3O6/c1-4-34-13-16-20(21-17(32-2)6-5-7-18(21)33-3)23(30)22(24(31)27-16)25-29-28-19(35-25)12-14-8-10-15(26)11-9-14;1-2-32-11-14-18(19-15(28)4-3-5-16(19)29)21(30)20(22(31)25-14)23-27-26-17(33-23)10-12-6-8-13(24)9-7-12/h5-11H,4,12-13H2,1-3H3,(H2,27,30,31);3-9,28-29H,2,10-11H2,1H3,(H2,25,30,31). The normalized spacial score (nSPS) is 11.0. The number of nitrogens with zero attached hydrogens (tertiary/aromatic N) is 4. The zero-order chi connectivity index (χ0) is 48.5. The minimum atomic E-state index is -0.692. The van der Waals surface area contributed by atoms with Crippen LogP contribution in [0.15, 0.2) is 103 Å². The van der Waals surface area contributed by atoms with Crippen LogP contribution in [0.25, 0.3) is 45.2 Å². The first kappa shape index (κ1) is 48.3. The summed E-state index contributed by atoms with van der Waals surface area (Å²) in [6, 6.07) is 23.6. The summed E-state index contributed by atoms with van der Waals surface area (Å²) in [6.45, 7) is 4.32. The average molecular weight is 968 g/mol. The first-order valence-corrected chi connectivity index (χ1v) is 21.6. The van der Waals surface area contributed by atoms with Crippen LogP contribution in [-0.4, -0.2) is 78.2 Å². The Balaban J connectivity index is 0.000000202. The number of nitrogens with one attached hydrogen (secondary N) is 2. The maximum Gasteiger partial charge on any atom is 0.264 e. The van der Waals surface area contributed by atoms with E-state index >= 15 is 0 Å². The van der Waals surface area contributed by atoms with Crippen LogP contribution in [0, 0.1) is 0 Å². The third-order valence-electron chi connectivity index (χ3n) is 10.3. The number of aromatic amines is 2. The van der Waals surface area contributed by atoms with Gasteiger partial charge >= 0.3 is 0 Å². The fourth-order valence-electron chi connectivity index (χ4n) is 7.12. The van der Waals surface area contributed by atoms with Gasteiger partial charge in [-0.3, -0.25) is 9.59 Å². The van der Waals surface area contributed by atoms with Crippen molar-refractivity contribution < 1.29 is 48.2 Å². The fraction of sp³-hybridized carbons (Fsp3) is 0.208. The van der Waals surface area contributed by atoms with Crippen LogP contribution >= 0.6 is 23.2 Å². The molecule has 6 N–H and O–H groups in total. The zero-order valence-electron chi connectivity index (χ0n) is 36.9. The van der Waals surface area contributed by atoms with Gasteiger partial charge in [0.1, 0.15) is 45.6 Å². The highest BCUT2D eigenvalue weighted by Crippen LogP contribution is 2.47. The van der Waals surface area contributed by atoms with Gasteiger partial charge in [0.05, 0.1) is 73.9 Å². The zero-order valence-corrected chi connectivity index (χ0v) is 38.4. The Morgan fingerprint density at radius 3 is 1.32 bits per heavy atom. The number of rotatable bonds is 16. The van der Waals surface area contributed by atoms with Crippen molar-refractivity contribution in [3.05, 3.63) is 150 Å². The molecule has 0 atom stereocenters. The van der Waals surface area contributed by atoms with Gasteiger partial charge in [0, 0.05) is 23.3 Å². The van der Waals surface area contributed by atoms with E-state index in [1.807, 2.05) is 19.1 Å². The number of phenols is 2. The molecule has 0 unspecified atom stereocenters. The summed E-state index contributed by atoms with van der Waals surface area (Å²) in [4.78, 5) is 31.3. The molecule has 0 aliphatic heterocycles. The van der Waals surface area contributed by atoms with Gasteiger partial charge in [0.15, 0.2) is 0 Å². The Morgan fingerprint density at radius 2 is 0.926 bits per heavy atom. The van der Waals surface area contributed by atoms with Crippen LogP contribution in [-0.2, 0) is 35.5 Å². The maximum absolute atomic E-state index is 13.0. The number of hydrogen-bond donors (Lipinski definition) is 6. The highest BCUT2D eigenvalue weighted by Gasteiger charge is 2.29. The number of aromatic hydroxyl groups is 4. The van der Waals surface area contributed by atoms with Crippen molar-refractivity contribution in [1.29, 1.82) is 0 Å². The largest absolute Gasteiger partial charge is 0.507 e. The average Bonchev–Trinajstić information content (AvgIpc) is 3.99. The molecule has 20 heteroatoms. The van der Waals surface area contributed by atoms with Crippen LogP contribution in [0.3, 0.4) is 0 Å². The number of methoxy groups -OCH3 is 2. The predicted octanol–water partition coefficient (Wildman–Crippen LogP) is 8.58. The van der Waals surface area contributed by atoms with E-state index in [2.05, 4.69) is 30.4 Å². The number of H-pyrrole nitrogens is 2. The van der Waals surface area contributed by atoms with Gasteiger partial charge in [-0.1, -0.05) is 59.6 Å². The van der Waals surface area contributed by atoms with Crippen molar-refractivity contribution in [3.63, 3.8) is 0 Å². The Kier molecular flexibility index (Phi) is 15.5. The second-order valence-electron chi connectivity index (χ2n) is 14.7. The van der Waals surface area contributed by atoms with E-state index in [4.69, 9.17) is 51.0 Å². The van der Waals surface area contributed by atoms with E-state index in [1.54, 1.807) is 61.5 Å². The number of ether oxygens (including phenoxy) is 4. The Labute approximate surface area is 397 Å². The number of halogens is 2. The fourth-order valence-corrected chi connectivity index (χ4v) is 7.38. The van der Waals surface area contributed by atoms with Crippen LogP contribution in [0.1, 0.15) is 48.1 Å². The van der Waals surface area contributed by atoms with E-state index in [-0.39, 0.29) is 87.5 Å². The molecular weight excluding hydrogens is 923 g/mol. The molecule has 4 aromatic carbocycles. The Hall–Kier alpha value is -7.64. The van der Waals surface area contributed by atoms with E-state index in [0.717, 1.165) is 11.1 Å². The van der Waals surface area contributed by atoms with Crippen LogP contribution in [0.2, 0.25) is 10.0 Å². The molecule has 0 aliphatic rings. The molecule has 18 nitrogen and oxygen atoms in total.